The second-order valence-electron chi connectivity index (χ2n) is 9.74. The van der Waals surface area contributed by atoms with Crippen molar-refractivity contribution in [2.45, 2.75) is 56.6 Å². The number of carbonyl (C=O) groups excluding carboxylic acids is 3. The first-order valence-electron chi connectivity index (χ1n) is 11.4. The van der Waals surface area contributed by atoms with E-state index in [-0.39, 0.29) is 18.1 Å². The van der Waals surface area contributed by atoms with Crippen molar-refractivity contribution < 1.29 is 33.4 Å². The Morgan fingerprint density at radius 2 is 1.94 bits per heavy atom. The van der Waals surface area contributed by atoms with Crippen LogP contribution in [-0.2, 0) is 34.8 Å². The number of allylic oxidation sites excluding steroid dienone is 2. The van der Waals surface area contributed by atoms with Gasteiger partial charge in [0.25, 0.3) is 0 Å². The number of hydroxylamine groups is 1. The Morgan fingerprint density at radius 1 is 1.23 bits per heavy atom. The van der Waals surface area contributed by atoms with Gasteiger partial charge in [-0.2, -0.15) is 5.48 Å². The molecule has 2 aliphatic rings. The average molecular weight is 483 g/mol. The van der Waals surface area contributed by atoms with Crippen molar-refractivity contribution in [3.63, 3.8) is 0 Å². The molecule has 1 aliphatic heterocycles. The highest BCUT2D eigenvalue weighted by molar-refractivity contribution is 6.03. The number of fused-ring (bicyclic) bond motifs is 3. The maximum atomic E-state index is 13.6. The largest absolute Gasteiger partial charge is 0.514 e. The van der Waals surface area contributed by atoms with Crippen LogP contribution in [0.1, 0.15) is 56.1 Å². The minimum Gasteiger partial charge on any atom is -0.467 e. The molecular weight excluding hydrogens is 452 g/mol. The van der Waals surface area contributed by atoms with Gasteiger partial charge in [-0.05, 0) is 45.8 Å². The van der Waals surface area contributed by atoms with Crippen molar-refractivity contribution in [3.8, 4) is 0 Å². The summed E-state index contributed by atoms with van der Waals surface area (Å²) >= 11 is 0. The van der Waals surface area contributed by atoms with Crippen LogP contribution in [0.2, 0.25) is 0 Å². The Labute approximate surface area is 203 Å². The van der Waals surface area contributed by atoms with E-state index in [9.17, 15) is 14.4 Å². The number of para-hydroxylation sites is 1. The van der Waals surface area contributed by atoms with Gasteiger partial charge in [0.05, 0.1) is 19.7 Å². The van der Waals surface area contributed by atoms with Crippen LogP contribution in [0.25, 0.3) is 10.9 Å². The smallest absolute Gasteiger partial charge is 0.467 e. The van der Waals surface area contributed by atoms with Crippen LogP contribution in [0.3, 0.4) is 0 Å². The molecule has 1 N–H and O–H groups in total. The predicted octanol–water partition coefficient (Wildman–Crippen LogP) is 4.26. The van der Waals surface area contributed by atoms with Crippen LogP contribution in [0.4, 0.5) is 4.79 Å². The lowest BCUT2D eigenvalue weighted by molar-refractivity contribution is -0.156. The summed E-state index contributed by atoms with van der Waals surface area (Å²) in [6, 6.07) is 7.27. The number of nitrogens with zero attached hydrogens (tertiary/aromatic N) is 1. The molecule has 9 nitrogen and oxygen atoms in total. The van der Waals surface area contributed by atoms with E-state index < -0.39 is 28.7 Å². The maximum absolute atomic E-state index is 13.6. The Hall–Kier alpha value is -3.43. The Kier molecular flexibility index (Phi) is 6.11. The zero-order valence-electron chi connectivity index (χ0n) is 20.6. The van der Waals surface area contributed by atoms with Crippen molar-refractivity contribution in [2.75, 3.05) is 14.2 Å². The second kappa shape index (κ2) is 8.66. The number of methoxy groups -OCH3 is 1. The van der Waals surface area contributed by atoms with Gasteiger partial charge in [-0.15, -0.1) is 6.58 Å². The number of carbonyl (C=O) groups is 3. The third-order valence-corrected chi connectivity index (χ3v) is 6.37. The van der Waals surface area contributed by atoms with Crippen LogP contribution in [0, 0.1) is 0 Å². The van der Waals surface area contributed by atoms with Crippen LogP contribution in [0.5, 0.6) is 0 Å². The standard InChI is InChI=1S/C26H30N2O7/c1-7-13-25-14-12-19(29)28-17-11-9-8-10-16(17)20(21(25)28)26(27-33-6,22(30)32-5)18(15-25)34-23(31)35-24(2,3)4/h7-11,15,27H,1,12-14H2,2-6H3/t25-,26-/m1/s1. The van der Waals surface area contributed by atoms with Gasteiger partial charge >= 0.3 is 12.1 Å². The molecule has 2 heterocycles. The summed E-state index contributed by atoms with van der Waals surface area (Å²) in [6.45, 7) is 9.05. The molecule has 0 fully saturated rings. The number of hydrogen-bond acceptors (Lipinski definition) is 8. The van der Waals surface area contributed by atoms with E-state index in [2.05, 4.69) is 12.1 Å². The molecule has 1 aromatic carbocycles. The molecule has 9 heteroatoms. The normalized spacial score (nSPS) is 23.3. The molecule has 0 radical (unpaired) electrons. The van der Waals surface area contributed by atoms with Gasteiger partial charge in [-0.1, -0.05) is 24.3 Å². The predicted molar refractivity (Wildman–Crippen MR) is 128 cm³/mol. The number of hydrogen-bond donors (Lipinski definition) is 1. The van der Waals surface area contributed by atoms with E-state index in [0.717, 1.165) is 0 Å². The highest BCUT2D eigenvalue weighted by Crippen LogP contribution is 2.54. The summed E-state index contributed by atoms with van der Waals surface area (Å²) in [5.74, 6) is -0.922. The SMILES string of the molecule is C=CC[C@@]12C=C(OC(=O)OC(C)(C)C)[C@](NOC)(C(=O)OC)c3c1n(c1ccccc31)C(=O)CC2. The number of rotatable bonds is 6. The van der Waals surface area contributed by atoms with Gasteiger partial charge in [0.2, 0.25) is 11.4 Å². The summed E-state index contributed by atoms with van der Waals surface area (Å²) in [5, 5.41) is 0.625. The molecule has 0 spiro atoms. The molecule has 1 aromatic heterocycles. The molecule has 0 bridgehead atoms. The third-order valence-electron chi connectivity index (χ3n) is 6.37. The van der Waals surface area contributed by atoms with Gasteiger partial charge in [-0.25, -0.2) is 9.59 Å². The Balaban J connectivity index is 2.11. The molecule has 0 saturated carbocycles. The molecule has 2 atom stereocenters. The van der Waals surface area contributed by atoms with E-state index in [1.54, 1.807) is 37.5 Å². The molecule has 0 saturated heterocycles. The molecule has 4 rings (SSSR count). The second-order valence-corrected chi connectivity index (χ2v) is 9.74. The van der Waals surface area contributed by atoms with E-state index in [4.69, 9.17) is 19.0 Å². The zero-order valence-corrected chi connectivity index (χ0v) is 20.6. The Morgan fingerprint density at radius 3 is 2.57 bits per heavy atom. The summed E-state index contributed by atoms with van der Waals surface area (Å²) in [4.78, 5) is 44.9. The van der Waals surface area contributed by atoms with Crippen LogP contribution in [0.15, 0.2) is 48.8 Å². The van der Waals surface area contributed by atoms with Gasteiger partial charge in [0.1, 0.15) is 11.4 Å². The van der Waals surface area contributed by atoms with Crippen molar-refractivity contribution in [2.24, 2.45) is 0 Å². The van der Waals surface area contributed by atoms with Crippen LogP contribution in [-0.4, -0.2) is 42.4 Å². The number of nitrogens with one attached hydrogen (secondary N) is 1. The van der Waals surface area contributed by atoms with Crippen molar-refractivity contribution in [1.29, 1.82) is 0 Å². The fourth-order valence-corrected chi connectivity index (χ4v) is 5.17. The summed E-state index contributed by atoms with van der Waals surface area (Å²) in [7, 11) is 2.57. The lowest BCUT2D eigenvalue weighted by Gasteiger charge is -2.44. The topological polar surface area (TPSA) is 105 Å². The van der Waals surface area contributed by atoms with Gasteiger partial charge in [-0.3, -0.25) is 9.36 Å². The van der Waals surface area contributed by atoms with Crippen molar-refractivity contribution in [1.82, 2.24) is 10.0 Å². The van der Waals surface area contributed by atoms with Gasteiger partial charge in [0.15, 0.2) is 0 Å². The van der Waals surface area contributed by atoms with Crippen LogP contribution < -0.4 is 5.48 Å². The minimum atomic E-state index is -1.89. The fourth-order valence-electron chi connectivity index (χ4n) is 5.17. The highest BCUT2D eigenvalue weighted by atomic mass is 16.7. The summed E-state index contributed by atoms with van der Waals surface area (Å²) in [5.41, 5.74) is 0.937. The zero-order chi connectivity index (χ0) is 25.6. The lowest BCUT2D eigenvalue weighted by Crippen LogP contribution is -2.56. The summed E-state index contributed by atoms with van der Waals surface area (Å²) in [6.07, 6.45) is 3.60. The maximum Gasteiger partial charge on any atom is 0.514 e. The molecule has 2 aromatic rings. The Bertz CT molecular complexity index is 1250. The number of aromatic nitrogens is 1. The lowest BCUT2D eigenvalue weighted by atomic mass is 9.65. The van der Waals surface area contributed by atoms with Crippen molar-refractivity contribution in [3.05, 3.63) is 60.0 Å². The third kappa shape index (κ3) is 3.75. The molecule has 0 amide bonds. The quantitative estimate of drug-likeness (QED) is 0.370. The first-order chi connectivity index (χ1) is 16.5. The fraction of sp³-hybridized carbons (Fsp3) is 0.423. The van der Waals surface area contributed by atoms with E-state index in [1.165, 1.54) is 14.2 Å². The minimum absolute atomic E-state index is 0.0490. The molecule has 35 heavy (non-hydrogen) atoms. The van der Waals surface area contributed by atoms with Gasteiger partial charge < -0.3 is 19.0 Å². The molecule has 0 unspecified atom stereocenters. The first kappa shape index (κ1) is 24.7. The monoisotopic (exact) mass is 482 g/mol. The van der Waals surface area contributed by atoms with Crippen molar-refractivity contribution >= 4 is 28.9 Å². The number of benzene rings is 1. The average Bonchev–Trinajstić information content (AvgIpc) is 3.15. The van der Waals surface area contributed by atoms with Crippen LogP contribution >= 0.6 is 0 Å². The van der Waals surface area contributed by atoms with E-state index in [1.807, 2.05) is 24.3 Å². The molecular formula is C26H30N2O7. The number of esters is 1. The highest BCUT2D eigenvalue weighted by Gasteiger charge is 2.59. The van der Waals surface area contributed by atoms with E-state index >= 15 is 0 Å². The molecule has 186 valence electrons. The first-order valence-corrected chi connectivity index (χ1v) is 11.4. The van der Waals surface area contributed by atoms with Gasteiger partial charge in [0, 0.05) is 28.5 Å². The summed E-state index contributed by atoms with van der Waals surface area (Å²) < 4.78 is 18.0. The molecule has 1 aliphatic carbocycles. The number of ether oxygens (including phenoxy) is 3. The van der Waals surface area contributed by atoms with E-state index in [0.29, 0.717) is 35.0 Å².